The van der Waals surface area contributed by atoms with Gasteiger partial charge < -0.3 is 32.8 Å². The zero-order valence-electron chi connectivity index (χ0n) is 6.98. The van der Waals surface area contributed by atoms with Gasteiger partial charge in [-0.25, -0.2) is 0 Å². The van der Waals surface area contributed by atoms with Crippen LogP contribution >= 0.6 is 0 Å². The van der Waals surface area contributed by atoms with Crippen LogP contribution in [0, 0.1) is 0 Å². The Morgan fingerprint density at radius 3 is 0.471 bits per heavy atom. The van der Waals surface area contributed by atoms with Crippen molar-refractivity contribution in [2.45, 2.75) is 0 Å². The summed E-state index contributed by atoms with van der Waals surface area (Å²) in [6.07, 6.45) is 0. The van der Waals surface area contributed by atoms with Gasteiger partial charge in [-0.05, 0) is 0 Å². The Morgan fingerprint density at radius 2 is 0.471 bits per heavy atom. The average Bonchev–Trinajstić information content (AvgIpc) is 1.41. The largest absolute Gasteiger partial charge is 3.00 e. The smallest absolute Gasteiger partial charge is 0.759 e. The maximum absolute atomic E-state index is 8.52. The second-order valence-corrected chi connectivity index (χ2v) is 3.67. The molecule has 0 saturated carbocycles. The van der Waals surface area contributed by atoms with E-state index in [-0.39, 0.29) is 22.5 Å². The van der Waals surface area contributed by atoms with Crippen LogP contribution in [0.15, 0.2) is 0 Å². The molecule has 0 aliphatic heterocycles. The van der Waals surface area contributed by atoms with Crippen LogP contribution in [-0.2, 0) is 48.3 Å². The van der Waals surface area contributed by atoms with E-state index in [0.717, 1.165) is 0 Å². The molecule has 0 rings (SSSR count). The van der Waals surface area contributed by atoms with Gasteiger partial charge >= 0.3 is 17.1 Å². The van der Waals surface area contributed by atoms with Gasteiger partial charge in [-0.2, -0.15) is 0 Å². The molecule has 0 atom stereocenters. The molecule has 13 nitrogen and oxygen atoms in total. The monoisotopic (exact) mass is 362 g/mol. The third kappa shape index (κ3) is 399000. The minimum absolute atomic E-state index is 0. The zero-order chi connectivity index (χ0) is 13.5. The van der Waals surface area contributed by atoms with Crippen molar-refractivity contribution in [2.24, 2.45) is 0 Å². The van der Waals surface area contributed by atoms with Crippen molar-refractivity contribution in [2.75, 3.05) is 0 Å². The third-order valence-corrected chi connectivity index (χ3v) is 0. The summed E-state index contributed by atoms with van der Waals surface area (Å²) in [5, 5.41) is 0. The van der Waals surface area contributed by atoms with E-state index in [0.29, 0.717) is 0 Å². The molecule has 0 aliphatic rings. The van der Waals surface area contributed by atoms with Crippen LogP contribution in [0.25, 0.3) is 0 Å². The fourth-order valence-electron chi connectivity index (χ4n) is 0. The Kier molecular flexibility index (Phi) is 19.9. The second kappa shape index (κ2) is 11.2. The number of hydrogen-bond donors (Lipinski definition) is 0. The van der Waals surface area contributed by atoms with Crippen LogP contribution in [0.4, 0.5) is 0 Å². The van der Waals surface area contributed by atoms with Gasteiger partial charge in [0.1, 0.15) is 0 Å². The van der Waals surface area contributed by atoms with Gasteiger partial charge in [-0.3, -0.25) is 25.3 Å². The molecule has 0 fully saturated rings. The van der Waals surface area contributed by atoms with Crippen molar-refractivity contribution in [3.63, 3.8) is 0 Å². The number of rotatable bonds is 0. The molecule has 0 unspecified atom stereocenters. The predicted octanol–water partition coefficient (Wildman–Crippen LogP) is -4.84. The van der Waals surface area contributed by atoms with Crippen molar-refractivity contribution in [1.82, 2.24) is 0 Å². The molecule has 0 spiro atoms. The van der Waals surface area contributed by atoms with Crippen molar-refractivity contribution >= 4 is 31.2 Å². The van der Waals surface area contributed by atoms with E-state index in [1.54, 1.807) is 0 Å². The van der Waals surface area contributed by atoms with E-state index in [2.05, 4.69) is 0 Å². The van der Waals surface area contributed by atoms with E-state index in [9.17, 15) is 0 Å². The van der Waals surface area contributed by atoms with Gasteiger partial charge in [0.25, 0.3) is 0 Å². The normalized spacial score (nSPS) is 10.2. The van der Waals surface area contributed by atoms with E-state index in [1.807, 2.05) is 0 Å². The Bertz CT molecular complexity index is 338. The molecule has 0 saturated heterocycles. The fourth-order valence-corrected chi connectivity index (χ4v) is 0. The molecular weight excluding hydrogens is 360 g/mol. The first-order chi connectivity index (χ1) is 6.00. The summed E-state index contributed by atoms with van der Waals surface area (Å²) in [6, 6.07) is 0. The summed E-state index contributed by atoms with van der Waals surface area (Å²) in [5.74, 6) is 0. The summed E-state index contributed by atoms with van der Waals surface area (Å²) >= 11 is 0. The Balaban J connectivity index is -0.0000000400. The van der Waals surface area contributed by atoms with Crippen molar-refractivity contribution in [3.05, 3.63) is 0 Å². The molecular formula is H2FeO13S3-3. The van der Waals surface area contributed by atoms with Gasteiger partial charge in [0.2, 0.25) is 0 Å². The van der Waals surface area contributed by atoms with Gasteiger partial charge in [0.15, 0.2) is 0 Å². The molecule has 17 heteroatoms. The van der Waals surface area contributed by atoms with Gasteiger partial charge in [-0.15, -0.1) is 0 Å². The third-order valence-electron chi connectivity index (χ3n) is 0. The summed E-state index contributed by atoms with van der Waals surface area (Å²) in [4.78, 5) is 0. The molecule has 1 radical (unpaired) electrons. The summed E-state index contributed by atoms with van der Waals surface area (Å²) in [5.41, 5.74) is 0. The summed E-state index contributed by atoms with van der Waals surface area (Å²) in [7, 11) is -15.5. The van der Waals surface area contributed by atoms with Crippen molar-refractivity contribution in [1.29, 1.82) is 0 Å². The summed E-state index contributed by atoms with van der Waals surface area (Å²) < 4.78 is 102. The Morgan fingerprint density at radius 1 is 0.471 bits per heavy atom. The van der Waals surface area contributed by atoms with Crippen LogP contribution in [0.5, 0.6) is 0 Å². The molecule has 0 aromatic rings. The molecule has 17 heavy (non-hydrogen) atoms. The molecule has 0 bridgehead atoms. The topological polar surface area (TPSA) is 272 Å². The van der Waals surface area contributed by atoms with E-state index in [1.165, 1.54) is 0 Å². The SMILES string of the molecule is O.O=S(=O)([O-])[O-].O=S(=O)([O-])[O-].O=S(=O)([O-])[O-].[Fe+3]. The van der Waals surface area contributed by atoms with Gasteiger partial charge in [0, 0.05) is 31.2 Å². The van der Waals surface area contributed by atoms with Crippen LogP contribution in [0.2, 0.25) is 0 Å². The van der Waals surface area contributed by atoms with E-state index < -0.39 is 31.2 Å². The minimum Gasteiger partial charge on any atom is -0.759 e. The minimum atomic E-state index is -5.17. The van der Waals surface area contributed by atoms with Crippen LogP contribution in [0.3, 0.4) is 0 Å². The summed E-state index contributed by atoms with van der Waals surface area (Å²) in [6.45, 7) is 0. The molecule has 0 aromatic carbocycles. The van der Waals surface area contributed by atoms with Crippen LogP contribution < -0.4 is 0 Å². The molecule has 2 N–H and O–H groups in total. The van der Waals surface area contributed by atoms with E-state index in [4.69, 9.17) is 52.6 Å². The second-order valence-electron chi connectivity index (χ2n) is 1.22. The predicted molar refractivity (Wildman–Crippen MR) is 35.0 cm³/mol. The Hall–Kier alpha value is 0.0895. The maximum Gasteiger partial charge on any atom is 3.00 e. The fraction of sp³-hybridized carbons (Fsp3) is 0. The first-order valence-electron chi connectivity index (χ1n) is 2.00. The van der Waals surface area contributed by atoms with Gasteiger partial charge in [0.05, 0.1) is 0 Å². The molecule has 0 amide bonds. The van der Waals surface area contributed by atoms with Crippen LogP contribution in [-0.4, -0.2) is 58.0 Å². The molecule has 0 aromatic heterocycles. The number of hydrogen-bond acceptors (Lipinski definition) is 12. The van der Waals surface area contributed by atoms with Crippen molar-refractivity contribution < 1.29 is 75.1 Å². The first kappa shape index (κ1) is 30.3. The first-order valence-corrected chi connectivity index (χ1v) is 6.00. The standard InChI is InChI=1S/Fe.3H2O4S.H2O/c;3*1-5(2,3)4;/h;3*(H2,1,2,3,4);1H2/q+3;;;;/p-6. The van der Waals surface area contributed by atoms with Crippen LogP contribution in [0.1, 0.15) is 0 Å². The molecule has 0 heterocycles. The molecule has 0 aliphatic carbocycles. The maximum atomic E-state index is 8.52. The van der Waals surface area contributed by atoms with Crippen molar-refractivity contribution in [3.8, 4) is 0 Å². The zero-order valence-corrected chi connectivity index (χ0v) is 10.5. The van der Waals surface area contributed by atoms with E-state index >= 15 is 0 Å². The Labute approximate surface area is 106 Å². The average molecular weight is 362 g/mol. The molecule has 109 valence electrons. The quantitative estimate of drug-likeness (QED) is 0.223. The van der Waals surface area contributed by atoms with Gasteiger partial charge in [-0.1, -0.05) is 0 Å².